The first-order valence-corrected chi connectivity index (χ1v) is 6.61. The van der Waals surface area contributed by atoms with Gasteiger partial charge < -0.3 is 4.74 Å². The van der Waals surface area contributed by atoms with Crippen LogP contribution in [0.3, 0.4) is 0 Å². The molecule has 1 saturated carbocycles. The van der Waals surface area contributed by atoms with Crippen LogP contribution in [0.2, 0.25) is 0 Å². The second-order valence-corrected chi connectivity index (χ2v) is 6.41. The predicted octanol–water partition coefficient (Wildman–Crippen LogP) is 2.59. The molecule has 1 aliphatic heterocycles. The van der Waals surface area contributed by atoms with E-state index in [4.69, 9.17) is 4.74 Å². The lowest BCUT2D eigenvalue weighted by molar-refractivity contribution is -0.143. The first-order valence-electron chi connectivity index (χ1n) is 6.61. The maximum absolute atomic E-state index is 11.9. The van der Waals surface area contributed by atoms with Crippen LogP contribution in [-0.4, -0.2) is 17.9 Å². The molecule has 0 aromatic heterocycles. The molecule has 2 aliphatic carbocycles. The summed E-state index contributed by atoms with van der Waals surface area (Å²) >= 11 is 0. The lowest BCUT2D eigenvalue weighted by Gasteiger charge is -2.53. The molecule has 19 heavy (non-hydrogen) atoms. The number of carbonyl (C=O) groups excluding carboxylic acids is 2. The van der Waals surface area contributed by atoms with Crippen molar-refractivity contribution in [1.29, 1.82) is 0 Å². The molecule has 0 spiro atoms. The molecule has 3 rings (SSSR count). The van der Waals surface area contributed by atoms with Crippen molar-refractivity contribution in [2.24, 2.45) is 16.7 Å². The SMILES string of the molecule is C=C1C(=O)O[C@@H]2C[C@@]3(C)C=CC(=O)C(=C)[C@]3(C)C[C@H]12. The van der Waals surface area contributed by atoms with Gasteiger partial charge in [0.05, 0.1) is 0 Å². The molecule has 0 aromatic rings. The van der Waals surface area contributed by atoms with E-state index in [1.165, 1.54) is 0 Å². The number of hydrogen-bond donors (Lipinski definition) is 0. The summed E-state index contributed by atoms with van der Waals surface area (Å²) < 4.78 is 5.41. The van der Waals surface area contributed by atoms with Crippen LogP contribution in [0.25, 0.3) is 0 Å². The van der Waals surface area contributed by atoms with Crippen LogP contribution in [0.4, 0.5) is 0 Å². The number of fused-ring (bicyclic) bond motifs is 2. The largest absolute Gasteiger partial charge is 0.458 e. The highest BCUT2D eigenvalue weighted by molar-refractivity contribution is 6.06. The molecule has 0 amide bonds. The molecule has 4 atom stereocenters. The van der Waals surface area contributed by atoms with Crippen LogP contribution < -0.4 is 0 Å². The molecule has 3 heteroatoms. The summed E-state index contributed by atoms with van der Waals surface area (Å²) in [6.45, 7) is 12.0. The third-order valence-electron chi connectivity index (χ3n) is 5.50. The molecule has 3 aliphatic rings. The summed E-state index contributed by atoms with van der Waals surface area (Å²) in [7, 11) is 0. The summed E-state index contributed by atoms with van der Waals surface area (Å²) in [5, 5.41) is 0. The fourth-order valence-electron chi connectivity index (χ4n) is 3.78. The lowest BCUT2D eigenvalue weighted by Crippen LogP contribution is -2.50. The van der Waals surface area contributed by atoms with Crippen LogP contribution in [-0.2, 0) is 14.3 Å². The van der Waals surface area contributed by atoms with Crippen molar-refractivity contribution >= 4 is 11.8 Å². The Morgan fingerprint density at radius 2 is 1.95 bits per heavy atom. The maximum Gasteiger partial charge on any atom is 0.334 e. The number of ketones is 1. The van der Waals surface area contributed by atoms with Gasteiger partial charge in [0, 0.05) is 16.9 Å². The quantitative estimate of drug-likeness (QED) is 0.495. The van der Waals surface area contributed by atoms with E-state index in [-0.39, 0.29) is 34.6 Å². The number of rotatable bonds is 0. The van der Waals surface area contributed by atoms with Crippen LogP contribution in [0.1, 0.15) is 26.7 Å². The molecule has 0 N–H and O–H groups in total. The van der Waals surface area contributed by atoms with Crippen LogP contribution in [0.15, 0.2) is 36.5 Å². The fourth-order valence-corrected chi connectivity index (χ4v) is 3.78. The summed E-state index contributed by atoms with van der Waals surface area (Å²) in [5.74, 6) is -0.280. The first kappa shape index (κ1) is 12.4. The molecule has 0 bridgehead atoms. The second kappa shape index (κ2) is 3.47. The summed E-state index contributed by atoms with van der Waals surface area (Å²) in [5.41, 5.74) is 0.673. The Hall–Kier alpha value is -1.64. The van der Waals surface area contributed by atoms with Gasteiger partial charge in [-0.15, -0.1) is 0 Å². The molecule has 1 saturated heterocycles. The first-order chi connectivity index (χ1) is 8.78. The lowest BCUT2D eigenvalue weighted by atomic mass is 9.49. The highest BCUT2D eigenvalue weighted by atomic mass is 16.6. The van der Waals surface area contributed by atoms with Gasteiger partial charge in [0.1, 0.15) is 6.10 Å². The molecule has 3 nitrogen and oxygen atoms in total. The summed E-state index contributed by atoms with van der Waals surface area (Å²) in [4.78, 5) is 23.6. The zero-order chi connectivity index (χ0) is 14.0. The monoisotopic (exact) mass is 258 g/mol. The third kappa shape index (κ3) is 1.38. The van der Waals surface area contributed by atoms with Crippen molar-refractivity contribution in [3.8, 4) is 0 Å². The minimum atomic E-state index is -0.322. The van der Waals surface area contributed by atoms with Crippen molar-refractivity contribution in [2.75, 3.05) is 0 Å². The smallest absolute Gasteiger partial charge is 0.334 e. The van der Waals surface area contributed by atoms with E-state index in [1.54, 1.807) is 6.08 Å². The van der Waals surface area contributed by atoms with Gasteiger partial charge >= 0.3 is 5.97 Å². The Labute approximate surface area is 113 Å². The van der Waals surface area contributed by atoms with E-state index < -0.39 is 0 Å². The number of hydrogen-bond acceptors (Lipinski definition) is 3. The number of allylic oxidation sites excluding steroid dienone is 3. The minimum Gasteiger partial charge on any atom is -0.458 e. The van der Waals surface area contributed by atoms with Gasteiger partial charge in [0.2, 0.25) is 0 Å². The Morgan fingerprint density at radius 1 is 1.26 bits per heavy atom. The van der Waals surface area contributed by atoms with E-state index in [0.29, 0.717) is 17.6 Å². The van der Waals surface area contributed by atoms with Crippen LogP contribution in [0, 0.1) is 16.7 Å². The molecule has 0 aromatic carbocycles. The van der Waals surface area contributed by atoms with E-state index >= 15 is 0 Å². The average molecular weight is 258 g/mol. The van der Waals surface area contributed by atoms with Gasteiger partial charge in [-0.05, 0) is 29.9 Å². The van der Waals surface area contributed by atoms with Gasteiger partial charge in [-0.25, -0.2) is 4.79 Å². The predicted molar refractivity (Wildman–Crippen MR) is 71.2 cm³/mol. The van der Waals surface area contributed by atoms with E-state index in [9.17, 15) is 9.59 Å². The molecule has 0 unspecified atom stereocenters. The number of carbonyl (C=O) groups is 2. The summed E-state index contributed by atoms with van der Waals surface area (Å²) in [6, 6.07) is 0. The molecule has 100 valence electrons. The number of ether oxygens (including phenoxy) is 1. The van der Waals surface area contributed by atoms with Gasteiger partial charge in [-0.1, -0.05) is 33.1 Å². The highest BCUT2D eigenvalue weighted by Gasteiger charge is 2.58. The van der Waals surface area contributed by atoms with Crippen molar-refractivity contribution in [1.82, 2.24) is 0 Å². The van der Waals surface area contributed by atoms with Gasteiger partial charge in [0.15, 0.2) is 5.78 Å². The Balaban J connectivity index is 2.07. The standard InChI is InChI=1S/C16H18O3/c1-9-11-7-16(4)10(2)12(17)5-6-15(16,3)8-13(11)19-14(9)18/h5-6,11,13H,1-2,7-8H2,3-4H3/t11-,13-,15-,16+/m1/s1. The molecular weight excluding hydrogens is 240 g/mol. The Kier molecular flexibility index (Phi) is 2.26. The maximum atomic E-state index is 11.9. The topological polar surface area (TPSA) is 43.4 Å². The normalized spacial score (nSPS) is 44.9. The fraction of sp³-hybridized carbons (Fsp3) is 0.500. The van der Waals surface area contributed by atoms with Crippen molar-refractivity contribution in [2.45, 2.75) is 32.8 Å². The minimum absolute atomic E-state index is 0.00530. The summed E-state index contributed by atoms with van der Waals surface area (Å²) in [6.07, 6.45) is 4.89. The van der Waals surface area contributed by atoms with E-state index in [1.807, 2.05) is 6.08 Å². The van der Waals surface area contributed by atoms with Gasteiger partial charge in [0.25, 0.3) is 0 Å². The van der Waals surface area contributed by atoms with Crippen molar-refractivity contribution in [3.05, 3.63) is 36.5 Å². The van der Waals surface area contributed by atoms with Crippen molar-refractivity contribution in [3.63, 3.8) is 0 Å². The Bertz CT molecular complexity index is 556. The zero-order valence-electron chi connectivity index (χ0n) is 11.4. The molecular formula is C16H18O3. The van der Waals surface area contributed by atoms with E-state index in [0.717, 1.165) is 6.42 Å². The van der Waals surface area contributed by atoms with Crippen molar-refractivity contribution < 1.29 is 14.3 Å². The van der Waals surface area contributed by atoms with Gasteiger partial charge in [-0.2, -0.15) is 0 Å². The highest BCUT2D eigenvalue weighted by Crippen LogP contribution is 2.61. The molecule has 0 radical (unpaired) electrons. The molecule has 1 heterocycles. The third-order valence-corrected chi connectivity index (χ3v) is 5.50. The second-order valence-electron chi connectivity index (χ2n) is 6.41. The Morgan fingerprint density at radius 3 is 2.63 bits per heavy atom. The van der Waals surface area contributed by atoms with Gasteiger partial charge in [-0.3, -0.25) is 4.79 Å². The number of esters is 1. The van der Waals surface area contributed by atoms with Crippen LogP contribution >= 0.6 is 0 Å². The average Bonchev–Trinajstić information content (AvgIpc) is 2.61. The molecule has 2 fully saturated rings. The van der Waals surface area contributed by atoms with Crippen LogP contribution in [0.5, 0.6) is 0 Å². The van der Waals surface area contributed by atoms with E-state index in [2.05, 4.69) is 27.0 Å². The zero-order valence-corrected chi connectivity index (χ0v) is 11.4.